The van der Waals surface area contributed by atoms with Crippen LogP contribution < -0.4 is 4.74 Å². The van der Waals surface area contributed by atoms with E-state index in [-0.39, 0.29) is 18.8 Å². The molecule has 0 atom stereocenters. The third kappa shape index (κ3) is 4.64. The fourth-order valence-electron chi connectivity index (χ4n) is 3.76. The number of alkyl halides is 2. The third-order valence-electron chi connectivity index (χ3n) is 5.58. The summed E-state index contributed by atoms with van der Waals surface area (Å²) < 4.78 is 32.8. The molecule has 1 saturated carbocycles. The Hall–Kier alpha value is -2.47. The van der Waals surface area contributed by atoms with Crippen molar-refractivity contribution in [3.05, 3.63) is 64.3 Å². The van der Waals surface area contributed by atoms with Crippen molar-refractivity contribution >= 4 is 11.6 Å². The van der Waals surface area contributed by atoms with Gasteiger partial charge in [0.1, 0.15) is 29.0 Å². The molecule has 0 saturated heterocycles. The number of nitrogens with one attached hydrogen (secondary N) is 1. The van der Waals surface area contributed by atoms with Crippen LogP contribution in [0.3, 0.4) is 0 Å². The number of hydrogen-bond acceptors (Lipinski definition) is 3. The first kappa shape index (κ1) is 20.8. The van der Waals surface area contributed by atoms with E-state index < -0.39 is 5.92 Å². The zero-order valence-corrected chi connectivity index (χ0v) is 17.8. The summed E-state index contributed by atoms with van der Waals surface area (Å²) in [6.07, 6.45) is 2.43. The molecule has 3 aromatic rings. The number of ether oxygens (including phenoxy) is 1. The van der Waals surface area contributed by atoms with Gasteiger partial charge < -0.3 is 9.72 Å². The normalized spacial score (nSPS) is 16.6. The van der Waals surface area contributed by atoms with E-state index in [1.807, 2.05) is 50.4 Å². The lowest BCUT2D eigenvalue weighted by Gasteiger charge is -2.26. The fraction of sp³-hybridized carbons (Fsp3) is 0.391. The van der Waals surface area contributed by atoms with Crippen molar-refractivity contribution in [3.8, 4) is 17.0 Å². The van der Waals surface area contributed by atoms with E-state index in [9.17, 15) is 8.78 Å². The van der Waals surface area contributed by atoms with Crippen molar-refractivity contribution in [1.82, 2.24) is 15.0 Å². The molecular weight excluding hydrogens is 408 g/mol. The molecule has 2 heterocycles. The number of halogens is 3. The van der Waals surface area contributed by atoms with Gasteiger partial charge in [0.15, 0.2) is 0 Å². The van der Waals surface area contributed by atoms with Gasteiger partial charge >= 0.3 is 0 Å². The molecule has 1 N–H and O–H groups in total. The highest BCUT2D eigenvalue weighted by molar-refractivity contribution is 6.31. The summed E-state index contributed by atoms with van der Waals surface area (Å²) in [5.74, 6) is -1.12. The summed E-state index contributed by atoms with van der Waals surface area (Å²) in [4.78, 5) is 12.1. The van der Waals surface area contributed by atoms with Crippen molar-refractivity contribution in [1.29, 1.82) is 0 Å². The predicted octanol–water partition coefficient (Wildman–Crippen LogP) is 6.61. The topological polar surface area (TPSA) is 50.8 Å². The first-order valence-electron chi connectivity index (χ1n) is 10.1. The zero-order chi connectivity index (χ0) is 21.3. The molecule has 4 rings (SSSR count). The molecule has 0 spiro atoms. The molecule has 0 amide bonds. The van der Waals surface area contributed by atoms with Gasteiger partial charge in [-0.15, -0.1) is 0 Å². The van der Waals surface area contributed by atoms with Crippen LogP contribution in [0.25, 0.3) is 11.3 Å². The quantitative estimate of drug-likeness (QED) is 0.494. The second kappa shape index (κ2) is 8.34. The maximum atomic E-state index is 13.4. The lowest BCUT2D eigenvalue weighted by Crippen LogP contribution is -2.24. The molecule has 158 valence electrons. The molecular formula is C23H24ClF2N3O. The van der Waals surface area contributed by atoms with Gasteiger partial charge in [-0.3, -0.25) is 4.98 Å². The molecule has 0 radical (unpaired) electrons. The van der Waals surface area contributed by atoms with Gasteiger partial charge in [-0.1, -0.05) is 17.7 Å². The monoisotopic (exact) mass is 431 g/mol. The second-order valence-corrected chi connectivity index (χ2v) is 8.39. The molecule has 30 heavy (non-hydrogen) atoms. The Balaban J connectivity index is 1.47. The van der Waals surface area contributed by atoms with Gasteiger partial charge in [0.2, 0.25) is 5.92 Å². The highest BCUT2D eigenvalue weighted by Crippen LogP contribution is 2.41. The van der Waals surface area contributed by atoms with Crippen molar-refractivity contribution in [2.24, 2.45) is 0 Å². The number of H-pyrrole nitrogens is 1. The first-order valence-corrected chi connectivity index (χ1v) is 10.5. The number of pyridine rings is 1. The second-order valence-electron chi connectivity index (χ2n) is 8.01. The number of imidazole rings is 1. The van der Waals surface area contributed by atoms with Crippen LogP contribution in [-0.4, -0.2) is 20.9 Å². The van der Waals surface area contributed by atoms with E-state index in [0.29, 0.717) is 36.1 Å². The van der Waals surface area contributed by atoms with E-state index in [1.165, 1.54) is 0 Å². The summed E-state index contributed by atoms with van der Waals surface area (Å²) in [5.41, 5.74) is 4.43. The Morgan fingerprint density at radius 1 is 1.17 bits per heavy atom. The minimum Gasteiger partial charge on any atom is -0.487 e. The molecule has 1 aromatic carbocycles. The SMILES string of the molecule is Cc1ccc(COc2ccc(-c3nc(C4CCC(F)(F)CC4)[nH]c3Cl)cc2C)nc1. The number of nitrogens with zero attached hydrogens (tertiary/aromatic N) is 2. The Morgan fingerprint density at radius 2 is 1.93 bits per heavy atom. The highest BCUT2D eigenvalue weighted by Gasteiger charge is 2.36. The van der Waals surface area contributed by atoms with Crippen molar-refractivity contribution in [2.75, 3.05) is 0 Å². The molecule has 0 unspecified atom stereocenters. The van der Waals surface area contributed by atoms with Crippen LogP contribution in [0.5, 0.6) is 5.75 Å². The van der Waals surface area contributed by atoms with Crippen molar-refractivity contribution in [2.45, 2.75) is 58.0 Å². The average molecular weight is 432 g/mol. The molecule has 1 fully saturated rings. The van der Waals surface area contributed by atoms with Gasteiger partial charge in [0.25, 0.3) is 0 Å². The highest BCUT2D eigenvalue weighted by atomic mass is 35.5. The van der Waals surface area contributed by atoms with Gasteiger partial charge in [-0.25, -0.2) is 13.8 Å². The molecule has 1 aliphatic carbocycles. The Labute approximate surface area is 179 Å². The summed E-state index contributed by atoms with van der Waals surface area (Å²) in [6.45, 7) is 4.35. The molecule has 0 aliphatic heterocycles. The summed E-state index contributed by atoms with van der Waals surface area (Å²) >= 11 is 6.40. The number of hydrogen-bond donors (Lipinski definition) is 1. The maximum Gasteiger partial charge on any atom is 0.248 e. The van der Waals surface area contributed by atoms with E-state index in [4.69, 9.17) is 16.3 Å². The Morgan fingerprint density at radius 3 is 2.60 bits per heavy atom. The molecule has 1 aliphatic rings. The number of rotatable bonds is 5. The van der Waals surface area contributed by atoms with Crippen molar-refractivity contribution < 1.29 is 13.5 Å². The standard InChI is InChI=1S/C23H24ClF2N3O/c1-14-3-5-18(27-12-14)13-30-19-6-4-17(11-15(19)2)20-21(24)29-22(28-20)16-7-9-23(25,26)10-8-16/h3-6,11-12,16H,7-10,13H2,1-2H3,(H,28,29). The van der Waals surface area contributed by atoms with Crippen LogP contribution in [0.15, 0.2) is 36.5 Å². The van der Waals surface area contributed by atoms with Gasteiger partial charge in [-0.2, -0.15) is 0 Å². The van der Waals surface area contributed by atoms with Crippen LogP contribution >= 0.6 is 11.6 Å². The lowest BCUT2D eigenvalue weighted by atomic mass is 9.86. The summed E-state index contributed by atoms with van der Waals surface area (Å²) in [6, 6.07) is 9.73. The average Bonchev–Trinajstić information content (AvgIpc) is 3.10. The minimum absolute atomic E-state index is 0.0124. The molecule has 2 aromatic heterocycles. The Bertz CT molecular complexity index is 1020. The van der Waals surface area contributed by atoms with Gasteiger partial charge in [-0.05, 0) is 62.1 Å². The van der Waals surface area contributed by atoms with Crippen LogP contribution in [-0.2, 0) is 6.61 Å². The van der Waals surface area contributed by atoms with Gasteiger partial charge in [0, 0.05) is 30.5 Å². The van der Waals surface area contributed by atoms with Crippen LogP contribution in [0.4, 0.5) is 8.78 Å². The number of aryl methyl sites for hydroxylation is 2. The number of aromatic amines is 1. The van der Waals surface area contributed by atoms with Gasteiger partial charge in [0.05, 0.1) is 5.69 Å². The fourth-order valence-corrected chi connectivity index (χ4v) is 4.01. The summed E-state index contributed by atoms with van der Waals surface area (Å²) in [5, 5.41) is 0.430. The van der Waals surface area contributed by atoms with E-state index in [0.717, 1.165) is 28.1 Å². The Kier molecular flexibility index (Phi) is 5.78. The molecule has 7 heteroatoms. The van der Waals surface area contributed by atoms with Crippen LogP contribution in [0.2, 0.25) is 5.15 Å². The van der Waals surface area contributed by atoms with Crippen molar-refractivity contribution in [3.63, 3.8) is 0 Å². The van der Waals surface area contributed by atoms with Crippen LogP contribution in [0, 0.1) is 13.8 Å². The molecule has 4 nitrogen and oxygen atoms in total. The first-order chi connectivity index (χ1) is 14.3. The van der Waals surface area contributed by atoms with Crippen LogP contribution in [0.1, 0.15) is 54.2 Å². The van der Waals surface area contributed by atoms with E-state index >= 15 is 0 Å². The van der Waals surface area contributed by atoms with E-state index in [1.54, 1.807) is 0 Å². The lowest BCUT2D eigenvalue weighted by molar-refractivity contribution is -0.0387. The smallest absolute Gasteiger partial charge is 0.248 e. The predicted molar refractivity (Wildman–Crippen MR) is 113 cm³/mol. The molecule has 0 bridgehead atoms. The number of benzene rings is 1. The van der Waals surface area contributed by atoms with E-state index in [2.05, 4.69) is 15.0 Å². The number of aromatic nitrogens is 3. The summed E-state index contributed by atoms with van der Waals surface area (Å²) in [7, 11) is 0. The zero-order valence-electron chi connectivity index (χ0n) is 17.0. The maximum absolute atomic E-state index is 13.4. The minimum atomic E-state index is -2.56. The third-order valence-corrected chi connectivity index (χ3v) is 5.85. The largest absolute Gasteiger partial charge is 0.487 e.